The van der Waals surface area contributed by atoms with Crippen LogP contribution in [0, 0.1) is 0 Å². The maximum Gasteiger partial charge on any atom is 0.322 e. The third-order valence-corrected chi connectivity index (χ3v) is 4.90. The zero-order valence-electron chi connectivity index (χ0n) is 9.61. The van der Waals surface area contributed by atoms with Gasteiger partial charge in [0.25, 0.3) is 0 Å². The molecule has 1 fully saturated rings. The van der Waals surface area contributed by atoms with Crippen LogP contribution in [0.4, 0.5) is 5.69 Å². The van der Waals surface area contributed by atoms with Gasteiger partial charge in [-0.15, -0.1) is 0 Å². The molecule has 0 saturated carbocycles. The van der Waals surface area contributed by atoms with Gasteiger partial charge in [0, 0.05) is 12.2 Å². The Kier molecular flexibility index (Phi) is 3.27. The number of rotatable bonds is 3. The van der Waals surface area contributed by atoms with Gasteiger partial charge in [0.1, 0.15) is 6.04 Å². The molecule has 1 atom stereocenters. The highest BCUT2D eigenvalue weighted by atomic mass is 32.2. The second-order valence-electron chi connectivity index (χ2n) is 4.18. The van der Waals surface area contributed by atoms with E-state index >= 15 is 0 Å². The van der Waals surface area contributed by atoms with Crippen molar-refractivity contribution in [2.24, 2.45) is 0 Å². The van der Waals surface area contributed by atoms with Crippen molar-refractivity contribution in [1.82, 2.24) is 4.31 Å². The van der Waals surface area contributed by atoms with E-state index in [0.29, 0.717) is 18.5 Å². The van der Waals surface area contributed by atoms with Crippen LogP contribution in [0.1, 0.15) is 12.8 Å². The molecule has 1 saturated heterocycles. The Morgan fingerprint density at radius 2 is 1.94 bits per heavy atom. The van der Waals surface area contributed by atoms with Gasteiger partial charge in [-0.1, -0.05) is 0 Å². The first-order valence-electron chi connectivity index (χ1n) is 5.53. The molecule has 0 aliphatic carbocycles. The molecule has 7 heteroatoms. The fraction of sp³-hybridized carbons (Fsp3) is 0.364. The van der Waals surface area contributed by atoms with Crippen LogP contribution in [0.15, 0.2) is 29.2 Å². The minimum absolute atomic E-state index is 0.0739. The number of nitrogens with two attached hydrogens (primary N) is 1. The summed E-state index contributed by atoms with van der Waals surface area (Å²) < 4.78 is 25.6. The van der Waals surface area contributed by atoms with Gasteiger partial charge < -0.3 is 10.8 Å². The zero-order chi connectivity index (χ0) is 13.3. The third kappa shape index (κ3) is 2.19. The Hall–Kier alpha value is -1.60. The lowest BCUT2D eigenvalue weighted by atomic mass is 10.2. The molecule has 2 rings (SSSR count). The summed E-state index contributed by atoms with van der Waals surface area (Å²) in [6, 6.07) is 4.79. The van der Waals surface area contributed by atoms with Crippen molar-refractivity contribution < 1.29 is 18.3 Å². The summed E-state index contributed by atoms with van der Waals surface area (Å²) in [6.07, 6.45) is 0.911. The highest BCUT2D eigenvalue weighted by Gasteiger charge is 2.39. The van der Waals surface area contributed by atoms with Crippen LogP contribution in [0.5, 0.6) is 0 Å². The lowest BCUT2D eigenvalue weighted by Gasteiger charge is -2.20. The number of sulfonamides is 1. The highest BCUT2D eigenvalue weighted by molar-refractivity contribution is 7.89. The third-order valence-electron chi connectivity index (χ3n) is 2.98. The smallest absolute Gasteiger partial charge is 0.322 e. The molecule has 0 amide bonds. The molecular weight excluding hydrogens is 256 g/mol. The van der Waals surface area contributed by atoms with Crippen LogP contribution in [-0.4, -0.2) is 36.4 Å². The molecule has 1 aromatic carbocycles. The standard InChI is InChI=1S/C11H14N2O4S/c12-8-3-5-9(6-4-8)18(16,17)13-7-1-2-10(13)11(14)15/h3-6,10H,1-2,7,12H2,(H,14,15)/t10-/m1/s1. The van der Waals surface area contributed by atoms with Gasteiger partial charge in [-0.3, -0.25) is 4.79 Å². The zero-order valence-corrected chi connectivity index (χ0v) is 10.4. The Labute approximate surface area is 105 Å². The molecule has 3 N–H and O–H groups in total. The number of aliphatic carboxylic acids is 1. The van der Waals surface area contributed by atoms with Crippen molar-refractivity contribution in [1.29, 1.82) is 0 Å². The molecular formula is C11H14N2O4S. The first kappa shape index (κ1) is 12.8. The van der Waals surface area contributed by atoms with Crippen LogP contribution in [0.2, 0.25) is 0 Å². The van der Waals surface area contributed by atoms with E-state index in [1.165, 1.54) is 24.3 Å². The number of carboxylic acid groups (broad SMARTS) is 1. The molecule has 18 heavy (non-hydrogen) atoms. The summed E-state index contributed by atoms with van der Waals surface area (Å²) in [5.41, 5.74) is 5.96. The molecule has 0 aromatic heterocycles. The molecule has 0 unspecified atom stereocenters. The monoisotopic (exact) mass is 270 g/mol. The summed E-state index contributed by atoms with van der Waals surface area (Å²) >= 11 is 0. The second-order valence-corrected chi connectivity index (χ2v) is 6.07. The molecule has 0 bridgehead atoms. The van der Waals surface area contributed by atoms with E-state index in [1.807, 2.05) is 0 Å². The number of nitrogens with zero attached hydrogens (tertiary/aromatic N) is 1. The lowest BCUT2D eigenvalue weighted by Crippen LogP contribution is -2.40. The predicted octanol–water partition coefficient (Wildman–Crippen LogP) is 0.506. The van der Waals surface area contributed by atoms with Crippen molar-refractivity contribution in [2.75, 3.05) is 12.3 Å². The molecule has 1 heterocycles. The number of anilines is 1. The van der Waals surface area contributed by atoms with Gasteiger partial charge in [-0.25, -0.2) is 8.42 Å². The van der Waals surface area contributed by atoms with Crippen LogP contribution in [-0.2, 0) is 14.8 Å². The Balaban J connectivity index is 2.36. The first-order chi connectivity index (χ1) is 8.43. The number of benzene rings is 1. The number of carboxylic acids is 1. The van der Waals surface area contributed by atoms with Gasteiger partial charge in [-0.2, -0.15) is 4.31 Å². The maximum absolute atomic E-state index is 12.3. The van der Waals surface area contributed by atoms with E-state index in [9.17, 15) is 13.2 Å². The Bertz CT molecular complexity index is 553. The SMILES string of the molecule is Nc1ccc(S(=O)(=O)N2CCC[C@@H]2C(=O)O)cc1. The topological polar surface area (TPSA) is 101 Å². The van der Waals surface area contributed by atoms with Crippen molar-refractivity contribution in [3.05, 3.63) is 24.3 Å². The quantitative estimate of drug-likeness (QED) is 0.779. The Morgan fingerprint density at radius 3 is 2.50 bits per heavy atom. The van der Waals surface area contributed by atoms with Gasteiger partial charge in [-0.05, 0) is 37.1 Å². The summed E-state index contributed by atoms with van der Waals surface area (Å²) in [7, 11) is -3.75. The average Bonchev–Trinajstić information content (AvgIpc) is 2.79. The van der Waals surface area contributed by atoms with E-state index < -0.39 is 22.0 Å². The maximum atomic E-state index is 12.3. The molecule has 98 valence electrons. The summed E-state index contributed by atoms with van der Waals surface area (Å²) in [4.78, 5) is 11.1. The van der Waals surface area contributed by atoms with E-state index in [1.54, 1.807) is 0 Å². The van der Waals surface area contributed by atoms with Crippen LogP contribution in [0.3, 0.4) is 0 Å². The molecule has 1 aromatic rings. The minimum atomic E-state index is -3.75. The summed E-state index contributed by atoms with van der Waals surface area (Å²) in [5, 5.41) is 9.01. The van der Waals surface area contributed by atoms with E-state index in [0.717, 1.165) is 4.31 Å². The molecule has 1 aliphatic heterocycles. The van der Waals surface area contributed by atoms with Crippen molar-refractivity contribution in [3.8, 4) is 0 Å². The lowest BCUT2D eigenvalue weighted by molar-refractivity contribution is -0.140. The van der Waals surface area contributed by atoms with Crippen LogP contribution in [0.25, 0.3) is 0 Å². The number of hydrogen-bond donors (Lipinski definition) is 2. The van der Waals surface area contributed by atoms with Gasteiger partial charge in [0.05, 0.1) is 4.90 Å². The minimum Gasteiger partial charge on any atom is -0.480 e. The predicted molar refractivity (Wildman–Crippen MR) is 65.4 cm³/mol. The van der Waals surface area contributed by atoms with Gasteiger partial charge in [0.2, 0.25) is 10.0 Å². The van der Waals surface area contributed by atoms with Crippen molar-refractivity contribution in [2.45, 2.75) is 23.8 Å². The second kappa shape index (κ2) is 4.58. The van der Waals surface area contributed by atoms with Crippen LogP contribution >= 0.6 is 0 Å². The van der Waals surface area contributed by atoms with Gasteiger partial charge >= 0.3 is 5.97 Å². The molecule has 0 spiro atoms. The van der Waals surface area contributed by atoms with Gasteiger partial charge in [0.15, 0.2) is 0 Å². The Morgan fingerprint density at radius 1 is 1.33 bits per heavy atom. The number of hydrogen-bond acceptors (Lipinski definition) is 4. The molecule has 1 aliphatic rings. The number of carbonyl (C=O) groups is 1. The fourth-order valence-corrected chi connectivity index (χ4v) is 3.70. The van der Waals surface area contributed by atoms with Crippen LogP contribution < -0.4 is 5.73 Å². The fourth-order valence-electron chi connectivity index (χ4n) is 2.05. The molecule has 0 radical (unpaired) electrons. The number of nitrogen functional groups attached to an aromatic ring is 1. The first-order valence-corrected chi connectivity index (χ1v) is 6.97. The highest BCUT2D eigenvalue weighted by Crippen LogP contribution is 2.26. The largest absolute Gasteiger partial charge is 0.480 e. The van der Waals surface area contributed by atoms with E-state index in [2.05, 4.69) is 0 Å². The van der Waals surface area contributed by atoms with Crippen molar-refractivity contribution >= 4 is 21.7 Å². The van der Waals surface area contributed by atoms with Crippen molar-refractivity contribution in [3.63, 3.8) is 0 Å². The van der Waals surface area contributed by atoms with E-state index in [4.69, 9.17) is 10.8 Å². The van der Waals surface area contributed by atoms with E-state index in [-0.39, 0.29) is 11.4 Å². The average molecular weight is 270 g/mol. The normalized spacial score (nSPS) is 21.0. The summed E-state index contributed by atoms with van der Waals surface area (Å²) in [5.74, 6) is -1.11. The summed E-state index contributed by atoms with van der Waals surface area (Å²) in [6.45, 7) is 0.240. The molecule has 6 nitrogen and oxygen atoms in total.